The number of carbonyl (C=O) groups excluding carboxylic acids is 1. The fourth-order valence-corrected chi connectivity index (χ4v) is 4.13. The number of hydrogen-bond acceptors (Lipinski definition) is 4. The summed E-state index contributed by atoms with van der Waals surface area (Å²) in [4.78, 5) is 22.0. The molecule has 1 aliphatic rings. The summed E-state index contributed by atoms with van der Waals surface area (Å²) in [6, 6.07) is 9.36. The number of nitrogens with one attached hydrogen (secondary N) is 2. The summed E-state index contributed by atoms with van der Waals surface area (Å²) in [7, 11) is 0. The van der Waals surface area contributed by atoms with E-state index < -0.39 is 35.3 Å². The minimum absolute atomic E-state index is 0.0383. The fraction of sp³-hybridized carbons (Fsp3) is 0.296. The van der Waals surface area contributed by atoms with Crippen LogP contribution in [0.3, 0.4) is 0 Å². The van der Waals surface area contributed by atoms with Crippen LogP contribution in [0.1, 0.15) is 58.5 Å². The van der Waals surface area contributed by atoms with Crippen LogP contribution in [0.2, 0.25) is 0 Å². The first-order valence-electron chi connectivity index (χ1n) is 11.7. The van der Waals surface area contributed by atoms with E-state index in [4.69, 9.17) is 0 Å². The van der Waals surface area contributed by atoms with Crippen LogP contribution in [-0.4, -0.2) is 23.3 Å². The number of aryl methyl sites for hydroxylation is 1. The Morgan fingerprint density at radius 2 is 1.86 bits per heavy atom. The molecule has 0 spiro atoms. The van der Waals surface area contributed by atoms with Crippen LogP contribution in [0.5, 0.6) is 0 Å². The highest BCUT2D eigenvalue weighted by molar-refractivity contribution is 5.93. The summed E-state index contributed by atoms with van der Waals surface area (Å²) in [6.45, 7) is 4.36. The summed E-state index contributed by atoms with van der Waals surface area (Å²) in [5.41, 5.74) is 1.16. The second-order valence-corrected chi connectivity index (χ2v) is 8.92. The minimum Gasteiger partial charge on any atom is -0.370 e. The topological polar surface area (TPSA) is 66.4 Å². The third-order valence-corrected chi connectivity index (χ3v) is 6.10. The van der Waals surface area contributed by atoms with Gasteiger partial charge in [-0.1, -0.05) is 6.07 Å². The Balaban J connectivity index is 1.63. The van der Waals surface area contributed by atoms with Gasteiger partial charge in [0.1, 0.15) is 17.3 Å². The molecule has 2 N–H and O–H groups in total. The average molecular weight is 517 g/mol. The van der Waals surface area contributed by atoms with Crippen molar-refractivity contribution in [3.8, 4) is 11.3 Å². The molecule has 0 radical (unpaired) electrons. The van der Waals surface area contributed by atoms with Crippen molar-refractivity contribution < 1.29 is 26.7 Å². The van der Waals surface area contributed by atoms with Gasteiger partial charge in [-0.2, -0.15) is 13.2 Å². The summed E-state index contributed by atoms with van der Waals surface area (Å²) < 4.78 is 66.8. The second kappa shape index (κ2) is 10.7. The highest BCUT2D eigenvalue weighted by Gasteiger charge is 2.34. The third kappa shape index (κ3) is 6.31. The molecule has 2 aromatic carbocycles. The smallest absolute Gasteiger partial charge is 0.370 e. The van der Waals surface area contributed by atoms with Crippen LogP contribution in [0.4, 0.5) is 22.0 Å². The zero-order chi connectivity index (χ0) is 26.7. The molecule has 194 valence electrons. The highest BCUT2D eigenvalue weighted by atomic mass is 19.4. The van der Waals surface area contributed by atoms with Crippen molar-refractivity contribution in [3.63, 3.8) is 0 Å². The van der Waals surface area contributed by atoms with E-state index in [1.54, 1.807) is 25.1 Å². The van der Waals surface area contributed by atoms with E-state index in [0.717, 1.165) is 36.9 Å². The SMILES string of the molecule is Cc1cc(F)ccc1-c1cc(CNC2=NCCC2)cc(C(=O)NC(C)c2ccc(F)c(C(F)(F)F)c2)n1. The zero-order valence-corrected chi connectivity index (χ0v) is 20.2. The van der Waals surface area contributed by atoms with Gasteiger partial charge in [-0.05, 0) is 79.4 Å². The van der Waals surface area contributed by atoms with E-state index in [-0.39, 0.29) is 11.3 Å². The molecule has 2 heterocycles. The van der Waals surface area contributed by atoms with Crippen LogP contribution < -0.4 is 10.6 Å². The Morgan fingerprint density at radius 3 is 2.54 bits per heavy atom. The number of halogens is 5. The van der Waals surface area contributed by atoms with Gasteiger partial charge < -0.3 is 10.6 Å². The fourth-order valence-electron chi connectivity index (χ4n) is 4.13. The standard InChI is InChI=1S/C27H25F5N4O/c1-15-10-19(28)6-7-20(15)23-11-17(14-34-25-4-3-9-33-25)12-24(36-23)26(37)35-16(2)18-5-8-22(29)21(13-18)27(30,31)32/h5-8,10-13,16H,3-4,9,14H2,1-2H3,(H,33,34)(H,35,37). The van der Waals surface area contributed by atoms with Gasteiger partial charge in [-0.3, -0.25) is 9.79 Å². The van der Waals surface area contributed by atoms with Crippen molar-refractivity contribution in [2.45, 2.75) is 45.5 Å². The number of benzene rings is 2. The number of pyridine rings is 1. The quantitative estimate of drug-likeness (QED) is 0.388. The molecule has 0 fully saturated rings. The Kier molecular flexibility index (Phi) is 7.56. The Hall–Kier alpha value is -3.82. The molecular weight excluding hydrogens is 491 g/mol. The largest absolute Gasteiger partial charge is 0.419 e. The lowest BCUT2D eigenvalue weighted by Crippen LogP contribution is -2.28. The number of amides is 1. The zero-order valence-electron chi connectivity index (χ0n) is 20.2. The van der Waals surface area contributed by atoms with Gasteiger partial charge in [-0.25, -0.2) is 13.8 Å². The van der Waals surface area contributed by atoms with E-state index in [1.165, 1.54) is 25.1 Å². The van der Waals surface area contributed by atoms with E-state index >= 15 is 0 Å². The van der Waals surface area contributed by atoms with Crippen LogP contribution >= 0.6 is 0 Å². The summed E-state index contributed by atoms with van der Waals surface area (Å²) in [5.74, 6) is -1.54. The number of hydrogen-bond donors (Lipinski definition) is 2. The molecule has 37 heavy (non-hydrogen) atoms. The first-order chi connectivity index (χ1) is 17.5. The maximum absolute atomic E-state index is 13.7. The number of rotatable bonds is 6. The number of carbonyl (C=O) groups is 1. The lowest BCUT2D eigenvalue weighted by Gasteiger charge is -2.17. The average Bonchev–Trinajstić information content (AvgIpc) is 3.36. The van der Waals surface area contributed by atoms with Crippen LogP contribution in [0.25, 0.3) is 11.3 Å². The van der Waals surface area contributed by atoms with E-state index in [2.05, 4.69) is 20.6 Å². The minimum atomic E-state index is -4.86. The normalized spacial score (nSPS) is 14.3. The number of nitrogens with zero attached hydrogens (tertiary/aromatic N) is 2. The molecule has 1 amide bonds. The van der Waals surface area contributed by atoms with Crippen LogP contribution in [0, 0.1) is 18.6 Å². The molecule has 1 aromatic heterocycles. The summed E-state index contributed by atoms with van der Waals surface area (Å²) in [5, 5.41) is 5.89. The van der Waals surface area contributed by atoms with Crippen LogP contribution in [-0.2, 0) is 12.7 Å². The molecule has 0 saturated carbocycles. The second-order valence-electron chi connectivity index (χ2n) is 8.92. The van der Waals surface area contributed by atoms with Gasteiger partial charge in [-0.15, -0.1) is 0 Å². The van der Waals surface area contributed by atoms with Crippen LogP contribution in [0.15, 0.2) is 53.5 Å². The van der Waals surface area contributed by atoms with Gasteiger partial charge in [0.15, 0.2) is 0 Å². The molecule has 1 unspecified atom stereocenters. The van der Waals surface area contributed by atoms with Crippen molar-refractivity contribution in [3.05, 3.63) is 88.1 Å². The van der Waals surface area contributed by atoms with E-state index in [1.807, 2.05) is 0 Å². The highest BCUT2D eigenvalue weighted by Crippen LogP contribution is 2.33. The van der Waals surface area contributed by atoms with E-state index in [9.17, 15) is 26.7 Å². The van der Waals surface area contributed by atoms with Crippen molar-refractivity contribution in [1.82, 2.24) is 15.6 Å². The molecule has 4 rings (SSSR count). The van der Waals surface area contributed by atoms with Crippen molar-refractivity contribution >= 4 is 11.7 Å². The Morgan fingerprint density at radius 1 is 1.08 bits per heavy atom. The maximum atomic E-state index is 13.7. The molecule has 5 nitrogen and oxygen atoms in total. The summed E-state index contributed by atoms with van der Waals surface area (Å²) >= 11 is 0. The summed E-state index contributed by atoms with van der Waals surface area (Å²) in [6.07, 6.45) is -3.07. The molecule has 1 aliphatic heterocycles. The predicted octanol–water partition coefficient (Wildman–Crippen LogP) is 6.13. The molecule has 3 aromatic rings. The first kappa shape index (κ1) is 26.2. The van der Waals surface area contributed by atoms with Gasteiger partial charge in [0, 0.05) is 25.1 Å². The molecule has 1 atom stereocenters. The number of amidine groups is 1. The molecule has 0 saturated heterocycles. The Bertz CT molecular complexity index is 1350. The number of aliphatic imine (C=N–C) groups is 1. The van der Waals surface area contributed by atoms with Gasteiger partial charge in [0.05, 0.1) is 23.1 Å². The van der Waals surface area contributed by atoms with Gasteiger partial charge >= 0.3 is 6.18 Å². The number of alkyl halides is 3. The predicted molar refractivity (Wildman–Crippen MR) is 130 cm³/mol. The lowest BCUT2D eigenvalue weighted by molar-refractivity contribution is -0.140. The third-order valence-electron chi connectivity index (χ3n) is 6.10. The monoisotopic (exact) mass is 516 g/mol. The van der Waals surface area contributed by atoms with Crippen molar-refractivity contribution in [2.24, 2.45) is 4.99 Å². The Labute approximate surface area is 210 Å². The molecule has 0 bridgehead atoms. The number of aromatic nitrogens is 1. The van der Waals surface area contributed by atoms with Gasteiger partial charge in [0.25, 0.3) is 5.91 Å². The van der Waals surface area contributed by atoms with Crippen molar-refractivity contribution in [2.75, 3.05) is 6.54 Å². The maximum Gasteiger partial charge on any atom is 0.419 e. The van der Waals surface area contributed by atoms with Crippen molar-refractivity contribution in [1.29, 1.82) is 0 Å². The van der Waals surface area contributed by atoms with E-state index in [0.29, 0.717) is 29.4 Å². The molecule has 0 aliphatic carbocycles. The van der Waals surface area contributed by atoms with Gasteiger partial charge in [0.2, 0.25) is 0 Å². The molecular formula is C27H25F5N4O. The lowest BCUT2D eigenvalue weighted by atomic mass is 10.0. The molecule has 10 heteroatoms. The first-order valence-corrected chi connectivity index (χ1v) is 11.7.